The summed E-state index contributed by atoms with van der Waals surface area (Å²) >= 11 is 0. The van der Waals surface area contributed by atoms with E-state index in [1.807, 2.05) is 0 Å². The number of aliphatic carboxylic acids is 1. The third-order valence-electron chi connectivity index (χ3n) is 4.32. The largest absolute Gasteiger partial charge is 0.480 e. The van der Waals surface area contributed by atoms with E-state index in [1.54, 1.807) is 18.7 Å². The molecule has 0 aromatic carbocycles. The van der Waals surface area contributed by atoms with Gasteiger partial charge in [0.2, 0.25) is 0 Å². The minimum Gasteiger partial charge on any atom is -0.480 e. The van der Waals surface area contributed by atoms with Crippen molar-refractivity contribution in [3.63, 3.8) is 0 Å². The van der Waals surface area contributed by atoms with E-state index in [0.29, 0.717) is 19.0 Å². The summed E-state index contributed by atoms with van der Waals surface area (Å²) in [6.45, 7) is 4.68. The molecule has 4 atom stereocenters. The number of aliphatic hydroxyl groups is 1. The van der Waals surface area contributed by atoms with Gasteiger partial charge in [-0.15, -0.1) is 0 Å². The van der Waals surface area contributed by atoms with Crippen molar-refractivity contribution in [2.75, 3.05) is 13.1 Å². The van der Waals surface area contributed by atoms with Gasteiger partial charge in [-0.25, -0.2) is 9.59 Å². The third kappa shape index (κ3) is 2.83. The summed E-state index contributed by atoms with van der Waals surface area (Å²) in [6, 6.07) is -1.19. The average Bonchev–Trinajstić information content (AvgIpc) is 2.88. The van der Waals surface area contributed by atoms with Crippen LogP contribution in [0.5, 0.6) is 0 Å². The highest BCUT2D eigenvalue weighted by Gasteiger charge is 2.43. The molecule has 108 valence electrons. The number of nitrogens with zero attached hydrogens (tertiary/aromatic N) is 1. The molecule has 6 heteroatoms. The van der Waals surface area contributed by atoms with Gasteiger partial charge >= 0.3 is 12.0 Å². The van der Waals surface area contributed by atoms with Crippen LogP contribution in [0.15, 0.2) is 0 Å². The van der Waals surface area contributed by atoms with Crippen molar-refractivity contribution >= 4 is 12.0 Å². The number of likely N-dealkylation sites (tertiary alicyclic amines) is 1. The maximum Gasteiger partial charge on any atom is 0.326 e. The SMILES string of the molecule is CC(C)[C@@H](NC(=O)N1CC2CCC(O)C2C1)C(=O)O. The molecule has 3 N–H and O–H groups in total. The Labute approximate surface area is 112 Å². The van der Waals surface area contributed by atoms with E-state index < -0.39 is 12.0 Å². The molecule has 3 unspecified atom stereocenters. The second kappa shape index (κ2) is 5.36. The van der Waals surface area contributed by atoms with Crippen LogP contribution in [0.1, 0.15) is 26.7 Å². The van der Waals surface area contributed by atoms with Crippen LogP contribution in [0, 0.1) is 17.8 Å². The smallest absolute Gasteiger partial charge is 0.326 e. The zero-order chi connectivity index (χ0) is 14.2. The highest BCUT2D eigenvalue weighted by molar-refractivity contribution is 5.82. The molecular formula is C13H22N2O4. The summed E-state index contributed by atoms with van der Waals surface area (Å²) in [5.74, 6) is -0.645. The number of carbonyl (C=O) groups excluding carboxylic acids is 1. The van der Waals surface area contributed by atoms with Crippen molar-refractivity contribution in [2.45, 2.75) is 38.8 Å². The molecule has 1 saturated heterocycles. The number of carbonyl (C=O) groups is 2. The van der Waals surface area contributed by atoms with Gasteiger partial charge in [0.15, 0.2) is 0 Å². The van der Waals surface area contributed by atoms with Crippen LogP contribution in [0.4, 0.5) is 4.79 Å². The first-order valence-corrected chi connectivity index (χ1v) is 6.86. The van der Waals surface area contributed by atoms with Crippen LogP contribution >= 0.6 is 0 Å². The number of urea groups is 1. The maximum absolute atomic E-state index is 12.1. The monoisotopic (exact) mass is 270 g/mol. The van der Waals surface area contributed by atoms with Crippen molar-refractivity contribution in [1.29, 1.82) is 0 Å². The number of hydrogen-bond donors (Lipinski definition) is 3. The molecule has 2 rings (SSSR count). The molecule has 0 spiro atoms. The molecule has 0 aromatic heterocycles. The molecule has 1 heterocycles. The van der Waals surface area contributed by atoms with Gasteiger partial charge in [0.1, 0.15) is 6.04 Å². The lowest BCUT2D eigenvalue weighted by molar-refractivity contribution is -0.140. The van der Waals surface area contributed by atoms with Crippen molar-refractivity contribution in [1.82, 2.24) is 10.2 Å². The molecule has 1 aliphatic carbocycles. The first-order valence-electron chi connectivity index (χ1n) is 6.86. The first kappa shape index (κ1) is 14.1. The van der Waals surface area contributed by atoms with Gasteiger partial charge in [0.25, 0.3) is 0 Å². The average molecular weight is 270 g/mol. The van der Waals surface area contributed by atoms with E-state index in [2.05, 4.69) is 5.32 Å². The Morgan fingerprint density at radius 2 is 1.95 bits per heavy atom. The Bertz CT molecular complexity index is 372. The first-order chi connectivity index (χ1) is 8.90. The van der Waals surface area contributed by atoms with Crippen LogP contribution in [0.2, 0.25) is 0 Å². The van der Waals surface area contributed by atoms with E-state index in [-0.39, 0.29) is 24.0 Å². The number of fused-ring (bicyclic) bond motifs is 1. The van der Waals surface area contributed by atoms with Crippen molar-refractivity contribution in [2.24, 2.45) is 17.8 Å². The molecule has 0 bridgehead atoms. The van der Waals surface area contributed by atoms with Gasteiger partial charge in [-0.2, -0.15) is 0 Å². The number of carboxylic acid groups (broad SMARTS) is 1. The molecule has 1 saturated carbocycles. The lowest BCUT2D eigenvalue weighted by atomic mass is 10.00. The molecule has 1 aliphatic heterocycles. The highest BCUT2D eigenvalue weighted by atomic mass is 16.4. The number of rotatable bonds is 3. The Hall–Kier alpha value is -1.30. The standard InChI is InChI=1S/C13H22N2O4/c1-7(2)11(12(17)18)14-13(19)15-5-8-3-4-10(16)9(8)6-15/h7-11,16H,3-6H2,1-2H3,(H,14,19)(H,17,18)/t8?,9?,10?,11-/m1/s1. The quantitative estimate of drug-likeness (QED) is 0.697. The maximum atomic E-state index is 12.1. The van der Waals surface area contributed by atoms with Gasteiger partial charge in [0, 0.05) is 19.0 Å². The van der Waals surface area contributed by atoms with Gasteiger partial charge in [-0.1, -0.05) is 13.8 Å². The minimum atomic E-state index is -1.01. The van der Waals surface area contributed by atoms with Gasteiger partial charge in [-0.3, -0.25) is 0 Å². The fourth-order valence-electron chi connectivity index (χ4n) is 3.14. The van der Waals surface area contributed by atoms with E-state index in [4.69, 9.17) is 5.11 Å². The van der Waals surface area contributed by atoms with E-state index in [9.17, 15) is 14.7 Å². The second-order valence-corrected chi connectivity index (χ2v) is 5.98. The highest BCUT2D eigenvalue weighted by Crippen LogP contribution is 2.37. The summed E-state index contributed by atoms with van der Waals surface area (Å²) in [5.41, 5.74) is 0. The Morgan fingerprint density at radius 3 is 2.47 bits per heavy atom. The summed E-state index contributed by atoms with van der Waals surface area (Å²) in [7, 11) is 0. The number of carboxylic acids is 1. The van der Waals surface area contributed by atoms with Crippen LogP contribution < -0.4 is 5.32 Å². The Balaban J connectivity index is 1.93. The summed E-state index contributed by atoms with van der Waals surface area (Å²) in [6.07, 6.45) is 1.44. The van der Waals surface area contributed by atoms with Crippen LogP contribution in [-0.4, -0.2) is 52.3 Å². The number of aliphatic hydroxyl groups excluding tert-OH is 1. The molecule has 2 amide bonds. The number of hydrogen-bond acceptors (Lipinski definition) is 3. The van der Waals surface area contributed by atoms with Crippen LogP contribution in [0.25, 0.3) is 0 Å². The minimum absolute atomic E-state index is 0.158. The topological polar surface area (TPSA) is 89.9 Å². The second-order valence-electron chi connectivity index (χ2n) is 5.98. The third-order valence-corrected chi connectivity index (χ3v) is 4.32. The Kier molecular flexibility index (Phi) is 3.99. The normalized spacial score (nSPS) is 31.4. The summed E-state index contributed by atoms with van der Waals surface area (Å²) in [4.78, 5) is 24.8. The van der Waals surface area contributed by atoms with Crippen molar-refractivity contribution < 1.29 is 19.8 Å². The predicted molar refractivity (Wildman–Crippen MR) is 68.6 cm³/mol. The zero-order valence-electron chi connectivity index (χ0n) is 11.4. The fourth-order valence-corrected chi connectivity index (χ4v) is 3.14. The lowest BCUT2D eigenvalue weighted by Gasteiger charge is -2.23. The molecule has 0 radical (unpaired) electrons. The van der Waals surface area contributed by atoms with Crippen LogP contribution in [0.3, 0.4) is 0 Å². The fraction of sp³-hybridized carbons (Fsp3) is 0.846. The van der Waals surface area contributed by atoms with Crippen LogP contribution in [-0.2, 0) is 4.79 Å². The molecule has 19 heavy (non-hydrogen) atoms. The van der Waals surface area contributed by atoms with E-state index >= 15 is 0 Å². The molecule has 2 fully saturated rings. The number of nitrogens with one attached hydrogen (secondary N) is 1. The van der Waals surface area contributed by atoms with E-state index in [1.165, 1.54) is 0 Å². The zero-order valence-corrected chi connectivity index (χ0v) is 11.4. The number of amides is 2. The predicted octanol–water partition coefficient (Wildman–Crippen LogP) is 0.508. The Morgan fingerprint density at radius 1 is 1.26 bits per heavy atom. The molecular weight excluding hydrogens is 248 g/mol. The molecule has 6 nitrogen and oxygen atoms in total. The van der Waals surface area contributed by atoms with Gasteiger partial charge < -0.3 is 20.4 Å². The molecule has 0 aromatic rings. The summed E-state index contributed by atoms with van der Waals surface area (Å²) in [5, 5.41) is 21.4. The lowest BCUT2D eigenvalue weighted by Crippen LogP contribution is -2.49. The van der Waals surface area contributed by atoms with Crippen molar-refractivity contribution in [3.05, 3.63) is 0 Å². The summed E-state index contributed by atoms with van der Waals surface area (Å²) < 4.78 is 0. The van der Waals surface area contributed by atoms with Gasteiger partial charge in [0.05, 0.1) is 6.10 Å². The van der Waals surface area contributed by atoms with Gasteiger partial charge in [-0.05, 0) is 24.7 Å². The van der Waals surface area contributed by atoms with E-state index in [0.717, 1.165) is 12.8 Å². The molecule has 2 aliphatic rings. The van der Waals surface area contributed by atoms with Crippen molar-refractivity contribution in [3.8, 4) is 0 Å².